The van der Waals surface area contributed by atoms with Crippen LogP contribution in [0.1, 0.15) is 60.7 Å². The molecule has 0 aliphatic carbocycles. The van der Waals surface area contributed by atoms with Crippen LogP contribution < -0.4 is 0 Å². The molecule has 2 aliphatic rings. The molecule has 10 heteroatoms. The van der Waals surface area contributed by atoms with E-state index in [2.05, 4.69) is 6.58 Å². The zero-order valence-electron chi connectivity index (χ0n) is 18.9. The molecule has 0 saturated carbocycles. The van der Waals surface area contributed by atoms with E-state index in [1.165, 1.54) is 52.8 Å². The minimum absolute atomic E-state index is 0.0288. The fourth-order valence-electron chi connectivity index (χ4n) is 4.08. The molecular weight excluding hydrogens is 472 g/mol. The Morgan fingerprint density at radius 1 is 0.914 bits per heavy atom. The Kier molecular flexibility index (Phi) is 6.95. The summed E-state index contributed by atoms with van der Waals surface area (Å²) < 4.78 is 32.0. The van der Waals surface area contributed by atoms with Crippen molar-refractivity contribution in [1.29, 1.82) is 0 Å². The minimum Gasteiger partial charge on any atom is -0.454 e. The van der Waals surface area contributed by atoms with Crippen molar-refractivity contribution in [2.45, 2.75) is 24.2 Å². The first-order chi connectivity index (χ1) is 16.7. The summed E-state index contributed by atoms with van der Waals surface area (Å²) in [4.78, 5) is 50.8. The average molecular weight is 497 g/mol. The molecular formula is C25H24N2O7S. The predicted molar refractivity (Wildman–Crippen MR) is 126 cm³/mol. The second kappa shape index (κ2) is 9.93. The van der Waals surface area contributed by atoms with Crippen LogP contribution >= 0.6 is 0 Å². The number of piperidine rings is 1. The van der Waals surface area contributed by atoms with Gasteiger partial charge >= 0.3 is 5.97 Å². The van der Waals surface area contributed by atoms with Gasteiger partial charge in [-0.3, -0.25) is 19.3 Å². The highest BCUT2D eigenvalue weighted by molar-refractivity contribution is 7.89. The Morgan fingerprint density at radius 3 is 2.20 bits per heavy atom. The van der Waals surface area contributed by atoms with Gasteiger partial charge in [0, 0.05) is 25.2 Å². The summed E-state index contributed by atoms with van der Waals surface area (Å²) in [5.74, 6) is -2.33. The molecule has 1 saturated heterocycles. The number of esters is 1. The van der Waals surface area contributed by atoms with E-state index in [9.17, 15) is 27.6 Å². The topological polar surface area (TPSA) is 118 Å². The van der Waals surface area contributed by atoms with Crippen molar-refractivity contribution in [2.75, 3.05) is 26.2 Å². The lowest BCUT2D eigenvalue weighted by Gasteiger charge is -2.25. The Balaban J connectivity index is 1.39. The molecule has 2 amide bonds. The standard InChI is InChI=1S/C25H24N2O7S/c1-2-12-27-23(29)20-11-8-18(15-21(20)24(27)30)25(31)34-16-22(28)17-6-9-19(10-7-17)35(32,33)26-13-4-3-5-14-26/h2,6-11,15H,1,3-5,12-14,16H2. The average Bonchev–Trinajstić information content (AvgIpc) is 3.12. The first kappa shape index (κ1) is 24.5. The van der Waals surface area contributed by atoms with Gasteiger partial charge in [-0.25, -0.2) is 13.2 Å². The highest BCUT2D eigenvalue weighted by atomic mass is 32.2. The number of Topliss-reactive ketones (excluding diaryl/α,β-unsaturated/α-hetero) is 1. The van der Waals surface area contributed by atoms with Crippen LogP contribution in [0.5, 0.6) is 0 Å². The van der Waals surface area contributed by atoms with Crippen LogP contribution in [-0.4, -0.2) is 67.4 Å². The van der Waals surface area contributed by atoms with Crippen molar-refractivity contribution >= 4 is 33.6 Å². The molecule has 2 aromatic rings. The second-order valence-corrected chi connectivity index (χ2v) is 10.2. The number of carbonyl (C=O) groups is 4. The number of amides is 2. The Hall–Kier alpha value is -3.63. The summed E-state index contributed by atoms with van der Waals surface area (Å²) in [6.07, 6.45) is 4.08. The number of ketones is 1. The van der Waals surface area contributed by atoms with E-state index < -0.39 is 40.2 Å². The molecule has 0 N–H and O–H groups in total. The lowest BCUT2D eigenvalue weighted by Crippen LogP contribution is -2.35. The number of hydrogen-bond donors (Lipinski definition) is 0. The molecule has 182 valence electrons. The molecule has 0 bridgehead atoms. The third-order valence-corrected chi connectivity index (χ3v) is 7.89. The highest BCUT2D eigenvalue weighted by Gasteiger charge is 2.35. The summed E-state index contributed by atoms with van der Waals surface area (Å²) in [5.41, 5.74) is 0.499. The van der Waals surface area contributed by atoms with Crippen molar-refractivity contribution in [3.05, 3.63) is 77.4 Å². The number of benzene rings is 2. The Labute approximate surface area is 203 Å². The van der Waals surface area contributed by atoms with Crippen molar-refractivity contribution in [3.8, 4) is 0 Å². The van der Waals surface area contributed by atoms with E-state index in [1.807, 2.05) is 0 Å². The van der Waals surface area contributed by atoms with Crippen LogP contribution in [0.2, 0.25) is 0 Å². The molecule has 2 heterocycles. The van der Waals surface area contributed by atoms with Gasteiger partial charge in [0.25, 0.3) is 11.8 Å². The monoisotopic (exact) mass is 496 g/mol. The van der Waals surface area contributed by atoms with Gasteiger partial charge in [-0.2, -0.15) is 4.31 Å². The maximum Gasteiger partial charge on any atom is 0.338 e. The molecule has 4 rings (SSSR count). The van der Waals surface area contributed by atoms with E-state index >= 15 is 0 Å². The number of fused-ring (bicyclic) bond motifs is 1. The van der Waals surface area contributed by atoms with Gasteiger partial charge in [0.05, 0.1) is 21.6 Å². The lowest BCUT2D eigenvalue weighted by molar-refractivity contribution is 0.0474. The smallest absolute Gasteiger partial charge is 0.338 e. The molecule has 0 atom stereocenters. The normalized spacial score (nSPS) is 16.2. The fraction of sp³-hybridized carbons (Fsp3) is 0.280. The molecule has 9 nitrogen and oxygen atoms in total. The van der Waals surface area contributed by atoms with E-state index in [1.54, 1.807) is 0 Å². The molecule has 0 aromatic heterocycles. The predicted octanol–water partition coefficient (Wildman–Crippen LogP) is 2.68. The van der Waals surface area contributed by atoms with Gasteiger partial charge in [-0.1, -0.05) is 12.5 Å². The van der Waals surface area contributed by atoms with Gasteiger partial charge in [-0.05, 0) is 55.3 Å². The third kappa shape index (κ3) is 4.80. The van der Waals surface area contributed by atoms with Crippen LogP contribution in [0.3, 0.4) is 0 Å². The molecule has 1 fully saturated rings. The van der Waals surface area contributed by atoms with Crippen LogP contribution in [-0.2, 0) is 14.8 Å². The van der Waals surface area contributed by atoms with Crippen LogP contribution in [0.25, 0.3) is 0 Å². The van der Waals surface area contributed by atoms with E-state index in [0.29, 0.717) is 13.1 Å². The number of rotatable bonds is 8. The maximum absolute atomic E-state index is 12.7. The molecule has 0 unspecified atom stereocenters. The van der Waals surface area contributed by atoms with Crippen LogP contribution in [0, 0.1) is 0 Å². The summed E-state index contributed by atoms with van der Waals surface area (Å²) in [5, 5.41) is 0. The largest absolute Gasteiger partial charge is 0.454 e. The quantitative estimate of drug-likeness (QED) is 0.239. The summed E-state index contributed by atoms with van der Waals surface area (Å²) in [6.45, 7) is 3.97. The first-order valence-corrected chi connectivity index (χ1v) is 12.6. The van der Waals surface area contributed by atoms with Crippen LogP contribution in [0.4, 0.5) is 0 Å². The minimum atomic E-state index is -3.61. The van der Waals surface area contributed by atoms with Gasteiger partial charge in [0.1, 0.15) is 0 Å². The van der Waals surface area contributed by atoms with Crippen molar-refractivity contribution in [3.63, 3.8) is 0 Å². The van der Waals surface area contributed by atoms with Crippen molar-refractivity contribution in [2.24, 2.45) is 0 Å². The molecule has 2 aromatic carbocycles. The van der Waals surface area contributed by atoms with Crippen molar-refractivity contribution < 1.29 is 32.3 Å². The van der Waals surface area contributed by atoms with Crippen LogP contribution in [0.15, 0.2) is 60.0 Å². The number of imide groups is 1. The highest BCUT2D eigenvalue weighted by Crippen LogP contribution is 2.25. The number of sulfonamides is 1. The van der Waals surface area contributed by atoms with Gasteiger partial charge in [0.2, 0.25) is 10.0 Å². The zero-order chi connectivity index (χ0) is 25.2. The third-order valence-electron chi connectivity index (χ3n) is 5.98. The summed E-state index contributed by atoms with van der Waals surface area (Å²) >= 11 is 0. The number of nitrogens with zero attached hydrogens (tertiary/aromatic N) is 2. The van der Waals surface area contributed by atoms with E-state index in [4.69, 9.17) is 4.74 Å². The van der Waals surface area contributed by atoms with Gasteiger partial charge in [0.15, 0.2) is 12.4 Å². The number of carbonyl (C=O) groups excluding carboxylic acids is 4. The summed E-state index contributed by atoms with van der Waals surface area (Å²) in [7, 11) is -3.61. The second-order valence-electron chi connectivity index (χ2n) is 8.26. The maximum atomic E-state index is 12.7. The zero-order valence-corrected chi connectivity index (χ0v) is 19.8. The van der Waals surface area contributed by atoms with Gasteiger partial charge < -0.3 is 4.74 Å². The molecule has 35 heavy (non-hydrogen) atoms. The van der Waals surface area contributed by atoms with E-state index in [-0.39, 0.29) is 33.7 Å². The molecule has 0 spiro atoms. The first-order valence-electron chi connectivity index (χ1n) is 11.2. The van der Waals surface area contributed by atoms with Crippen molar-refractivity contribution in [1.82, 2.24) is 9.21 Å². The number of ether oxygens (including phenoxy) is 1. The SMILES string of the molecule is C=CCN1C(=O)c2ccc(C(=O)OCC(=O)c3ccc(S(=O)(=O)N4CCCCC4)cc3)cc2C1=O. The lowest BCUT2D eigenvalue weighted by atomic mass is 10.1. The number of hydrogen-bond acceptors (Lipinski definition) is 7. The Bertz CT molecular complexity index is 1310. The fourth-order valence-corrected chi connectivity index (χ4v) is 5.59. The molecule has 2 aliphatic heterocycles. The Morgan fingerprint density at radius 2 is 1.54 bits per heavy atom. The molecule has 0 radical (unpaired) electrons. The summed E-state index contributed by atoms with van der Waals surface area (Å²) in [6, 6.07) is 9.52. The van der Waals surface area contributed by atoms with Gasteiger partial charge in [-0.15, -0.1) is 6.58 Å². The van der Waals surface area contributed by atoms with E-state index in [0.717, 1.165) is 24.2 Å².